The fraction of sp³-hybridized carbons (Fsp3) is 0.371. The fourth-order valence-electron chi connectivity index (χ4n) is 6.15. The summed E-state index contributed by atoms with van der Waals surface area (Å²) in [4.78, 5) is 31.3. The highest BCUT2D eigenvalue weighted by atomic mass is 16.2. The van der Waals surface area contributed by atoms with E-state index in [0.29, 0.717) is 6.42 Å². The summed E-state index contributed by atoms with van der Waals surface area (Å²) in [5.74, 6) is 0.272. The van der Waals surface area contributed by atoms with Crippen molar-refractivity contribution in [2.45, 2.75) is 83.7 Å². The van der Waals surface area contributed by atoms with E-state index in [1.807, 2.05) is 49.5 Å². The molecule has 0 fully saturated rings. The van der Waals surface area contributed by atoms with Gasteiger partial charge in [-0.3, -0.25) is 4.79 Å². The number of carbonyl (C=O) groups is 2. The zero-order chi connectivity index (χ0) is 29.1. The first kappa shape index (κ1) is 28.5. The van der Waals surface area contributed by atoms with Crippen LogP contribution in [0.5, 0.6) is 0 Å². The van der Waals surface area contributed by atoms with Crippen LogP contribution in [-0.4, -0.2) is 22.5 Å². The minimum atomic E-state index is -1.20. The lowest BCUT2D eigenvalue weighted by Gasteiger charge is -2.34. The molecule has 1 aliphatic carbocycles. The van der Waals surface area contributed by atoms with Gasteiger partial charge in [0.25, 0.3) is 0 Å². The molecule has 1 aromatic heterocycles. The van der Waals surface area contributed by atoms with Crippen molar-refractivity contribution in [3.8, 4) is 0 Å². The third-order valence-corrected chi connectivity index (χ3v) is 8.40. The highest BCUT2D eigenvalue weighted by Crippen LogP contribution is 2.33. The molecule has 214 valence electrons. The molecule has 0 radical (unpaired) electrons. The van der Waals surface area contributed by atoms with Gasteiger partial charge in [0, 0.05) is 29.2 Å². The van der Waals surface area contributed by atoms with Crippen molar-refractivity contribution in [1.29, 1.82) is 0 Å². The van der Waals surface area contributed by atoms with Gasteiger partial charge in [0.2, 0.25) is 5.91 Å². The number of aromatic nitrogens is 1. The molecule has 3 amide bonds. The summed E-state index contributed by atoms with van der Waals surface area (Å²) in [5, 5.41) is 10.6. The zero-order valence-corrected chi connectivity index (χ0v) is 24.8. The summed E-state index contributed by atoms with van der Waals surface area (Å²) >= 11 is 0. The Bertz CT molecular complexity index is 1530. The first-order valence-electron chi connectivity index (χ1n) is 14.8. The molecule has 1 aliphatic rings. The van der Waals surface area contributed by atoms with Crippen LogP contribution in [0.3, 0.4) is 0 Å². The van der Waals surface area contributed by atoms with Crippen LogP contribution in [0.15, 0.2) is 72.9 Å². The van der Waals surface area contributed by atoms with Crippen LogP contribution in [0.25, 0.3) is 10.9 Å². The standard InChI is InChI=1S/C35H42N4O2/c1-22(2)26-16-11-17-27(23(3)4)32(26)38-34(41)39-35(5,20-25-21-36-30-18-9-8-15-29(25)30)33(40)37-31-19-10-13-24-12-6-7-14-28(24)31/h6-9,11-12,14-18,21-23,31,36H,10,13,19-20H2,1-5H3,(H,37,40)(H2,38,39,41). The molecule has 4 N–H and O–H groups in total. The summed E-state index contributed by atoms with van der Waals surface area (Å²) in [7, 11) is 0. The summed E-state index contributed by atoms with van der Waals surface area (Å²) in [6, 6.07) is 22.1. The Balaban J connectivity index is 1.46. The number of anilines is 1. The van der Waals surface area contributed by atoms with Gasteiger partial charge < -0.3 is 20.9 Å². The van der Waals surface area contributed by atoms with Gasteiger partial charge in [0.1, 0.15) is 5.54 Å². The number of hydrogen-bond acceptors (Lipinski definition) is 2. The number of H-pyrrole nitrogens is 1. The van der Waals surface area contributed by atoms with Crippen molar-refractivity contribution < 1.29 is 9.59 Å². The first-order chi connectivity index (χ1) is 19.7. The number of nitrogens with one attached hydrogen (secondary N) is 4. The third kappa shape index (κ3) is 6.02. The second kappa shape index (κ2) is 11.8. The number of carbonyl (C=O) groups excluding carboxylic acids is 2. The maximum absolute atomic E-state index is 14.2. The van der Waals surface area contributed by atoms with Crippen LogP contribution >= 0.6 is 0 Å². The Morgan fingerprint density at radius 2 is 1.61 bits per heavy atom. The Morgan fingerprint density at radius 3 is 2.34 bits per heavy atom. The molecule has 5 rings (SSSR count). The minimum absolute atomic E-state index is 0.0891. The van der Waals surface area contributed by atoms with Crippen molar-refractivity contribution in [2.75, 3.05) is 5.32 Å². The number of urea groups is 1. The molecule has 0 spiro atoms. The molecule has 41 heavy (non-hydrogen) atoms. The van der Waals surface area contributed by atoms with E-state index in [4.69, 9.17) is 0 Å². The maximum Gasteiger partial charge on any atom is 0.320 e. The van der Waals surface area contributed by atoms with Crippen LogP contribution in [0.4, 0.5) is 10.5 Å². The lowest BCUT2D eigenvalue weighted by Crippen LogP contribution is -2.59. The van der Waals surface area contributed by atoms with Crippen molar-refractivity contribution in [3.05, 3.63) is 101 Å². The topological polar surface area (TPSA) is 86.0 Å². The van der Waals surface area contributed by atoms with E-state index < -0.39 is 5.54 Å². The van der Waals surface area contributed by atoms with E-state index in [0.717, 1.165) is 52.5 Å². The number of aromatic amines is 1. The van der Waals surface area contributed by atoms with E-state index >= 15 is 0 Å². The normalized spacial score (nSPS) is 16.3. The van der Waals surface area contributed by atoms with Crippen molar-refractivity contribution in [1.82, 2.24) is 15.6 Å². The molecule has 0 bridgehead atoms. The van der Waals surface area contributed by atoms with Crippen molar-refractivity contribution in [2.24, 2.45) is 0 Å². The molecule has 2 unspecified atom stereocenters. The van der Waals surface area contributed by atoms with E-state index in [-0.39, 0.29) is 29.8 Å². The second-order valence-electron chi connectivity index (χ2n) is 12.2. The van der Waals surface area contributed by atoms with Gasteiger partial charge >= 0.3 is 6.03 Å². The predicted octanol–water partition coefficient (Wildman–Crippen LogP) is 7.73. The summed E-state index contributed by atoms with van der Waals surface area (Å²) in [6.07, 6.45) is 5.18. The molecule has 4 aromatic rings. The fourth-order valence-corrected chi connectivity index (χ4v) is 6.15. The van der Waals surface area contributed by atoms with E-state index in [2.05, 4.69) is 79.0 Å². The van der Waals surface area contributed by atoms with E-state index in [1.54, 1.807) is 0 Å². The monoisotopic (exact) mass is 550 g/mol. The minimum Gasteiger partial charge on any atom is -0.361 e. The predicted molar refractivity (Wildman–Crippen MR) is 167 cm³/mol. The Hall–Kier alpha value is -4.06. The maximum atomic E-state index is 14.2. The molecule has 1 heterocycles. The van der Waals surface area contributed by atoms with Crippen LogP contribution in [-0.2, 0) is 17.6 Å². The van der Waals surface area contributed by atoms with Gasteiger partial charge in [-0.05, 0) is 71.9 Å². The smallest absolute Gasteiger partial charge is 0.320 e. The number of hydrogen-bond donors (Lipinski definition) is 4. The number of rotatable bonds is 8. The molecule has 6 nitrogen and oxygen atoms in total. The van der Waals surface area contributed by atoms with Crippen LogP contribution in [0.1, 0.15) is 93.2 Å². The molecular formula is C35H42N4O2. The largest absolute Gasteiger partial charge is 0.361 e. The Labute approximate surface area is 243 Å². The number of benzene rings is 3. The zero-order valence-electron chi connectivity index (χ0n) is 24.8. The van der Waals surface area contributed by atoms with Gasteiger partial charge in [-0.2, -0.15) is 0 Å². The number of amides is 3. The van der Waals surface area contributed by atoms with Gasteiger partial charge in [-0.1, -0.05) is 88.4 Å². The van der Waals surface area contributed by atoms with Crippen molar-refractivity contribution >= 4 is 28.5 Å². The average molecular weight is 551 g/mol. The molecule has 0 saturated carbocycles. The third-order valence-electron chi connectivity index (χ3n) is 8.40. The summed E-state index contributed by atoms with van der Waals surface area (Å²) in [6.45, 7) is 10.3. The highest BCUT2D eigenvalue weighted by molar-refractivity contribution is 5.97. The van der Waals surface area contributed by atoms with E-state index in [9.17, 15) is 9.59 Å². The molecule has 6 heteroatoms. The first-order valence-corrected chi connectivity index (χ1v) is 14.8. The van der Waals surface area contributed by atoms with Gasteiger partial charge in [0.05, 0.1) is 6.04 Å². The lowest BCUT2D eigenvalue weighted by molar-refractivity contribution is -0.127. The quantitative estimate of drug-likeness (QED) is 0.181. The molecule has 0 saturated heterocycles. The van der Waals surface area contributed by atoms with Crippen LogP contribution < -0.4 is 16.0 Å². The molecular weight excluding hydrogens is 508 g/mol. The summed E-state index contributed by atoms with van der Waals surface area (Å²) in [5.41, 5.74) is 6.20. The Morgan fingerprint density at radius 1 is 0.927 bits per heavy atom. The lowest BCUT2D eigenvalue weighted by atomic mass is 9.86. The summed E-state index contributed by atoms with van der Waals surface area (Å²) < 4.78 is 0. The van der Waals surface area contributed by atoms with Crippen LogP contribution in [0.2, 0.25) is 0 Å². The molecule has 0 aliphatic heterocycles. The van der Waals surface area contributed by atoms with Crippen LogP contribution in [0, 0.1) is 0 Å². The highest BCUT2D eigenvalue weighted by Gasteiger charge is 2.38. The average Bonchev–Trinajstić information content (AvgIpc) is 3.35. The van der Waals surface area contributed by atoms with E-state index in [1.165, 1.54) is 11.1 Å². The van der Waals surface area contributed by atoms with Crippen molar-refractivity contribution in [3.63, 3.8) is 0 Å². The van der Waals surface area contributed by atoms with Gasteiger partial charge in [-0.15, -0.1) is 0 Å². The number of aryl methyl sites for hydroxylation is 1. The van der Waals surface area contributed by atoms with Gasteiger partial charge in [-0.25, -0.2) is 4.79 Å². The number of para-hydroxylation sites is 2. The van der Waals surface area contributed by atoms with Gasteiger partial charge in [0.15, 0.2) is 0 Å². The number of fused-ring (bicyclic) bond motifs is 2. The molecule has 3 aromatic carbocycles. The SMILES string of the molecule is CC(C)c1cccc(C(C)C)c1NC(=O)NC(C)(Cc1c[nH]c2ccccc12)C(=O)NC1CCCc2ccccc21. The second-order valence-corrected chi connectivity index (χ2v) is 12.2. The Kier molecular flexibility index (Phi) is 8.20. The molecule has 2 atom stereocenters.